The van der Waals surface area contributed by atoms with E-state index in [0.29, 0.717) is 13.1 Å². The molecule has 0 bridgehead atoms. The van der Waals surface area contributed by atoms with E-state index in [9.17, 15) is 4.79 Å². The third-order valence-corrected chi connectivity index (χ3v) is 3.34. The van der Waals surface area contributed by atoms with Gasteiger partial charge in [-0.05, 0) is 60.6 Å². The van der Waals surface area contributed by atoms with Gasteiger partial charge >= 0.3 is 6.09 Å². The van der Waals surface area contributed by atoms with E-state index >= 15 is 0 Å². The average molecular weight is 321 g/mol. The predicted molar refractivity (Wildman–Crippen MR) is 93.3 cm³/mol. The van der Waals surface area contributed by atoms with Crippen LogP contribution in [-0.2, 0) is 4.74 Å². The summed E-state index contributed by atoms with van der Waals surface area (Å²) in [6.45, 7) is 15.0. The number of aromatic nitrogens is 1. The molecule has 5 nitrogen and oxygen atoms in total. The summed E-state index contributed by atoms with van der Waals surface area (Å²) >= 11 is 0. The molecule has 1 N–H and O–H groups in total. The number of rotatable bonds is 5. The molecule has 1 atom stereocenters. The molecule has 0 aliphatic rings. The average Bonchev–Trinajstić information content (AvgIpc) is 2.40. The van der Waals surface area contributed by atoms with Gasteiger partial charge in [0.05, 0.1) is 5.69 Å². The second-order valence-electron chi connectivity index (χ2n) is 7.73. The molecule has 0 aliphatic heterocycles. The fourth-order valence-electron chi connectivity index (χ4n) is 2.15. The van der Waals surface area contributed by atoms with E-state index < -0.39 is 5.60 Å². The van der Waals surface area contributed by atoms with E-state index in [-0.39, 0.29) is 17.7 Å². The standard InChI is InChI=1S/C18H31N3O2/c1-14(15-10-8-9-11-20-15)19-12-13-21(17(2,3)4)16(22)23-18(5,6)7/h8-11,14,19H,12-13H2,1-7H3/t14-/m1/s1. The zero-order chi connectivity index (χ0) is 17.7. The van der Waals surface area contributed by atoms with E-state index in [1.807, 2.05) is 59.7 Å². The number of hydrogen-bond donors (Lipinski definition) is 1. The van der Waals surface area contributed by atoms with Crippen molar-refractivity contribution < 1.29 is 9.53 Å². The third-order valence-electron chi connectivity index (χ3n) is 3.34. The predicted octanol–water partition coefficient (Wildman–Crippen LogP) is 3.77. The SMILES string of the molecule is C[C@@H](NCCN(C(=O)OC(C)(C)C)C(C)(C)C)c1ccccn1. The van der Waals surface area contributed by atoms with Crippen molar-refractivity contribution in [3.05, 3.63) is 30.1 Å². The van der Waals surface area contributed by atoms with Gasteiger partial charge < -0.3 is 15.0 Å². The lowest BCUT2D eigenvalue weighted by Gasteiger charge is -2.37. The summed E-state index contributed by atoms with van der Waals surface area (Å²) < 4.78 is 5.52. The molecule has 5 heteroatoms. The van der Waals surface area contributed by atoms with Gasteiger partial charge in [-0.15, -0.1) is 0 Å². The smallest absolute Gasteiger partial charge is 0.410 e. The monoisotopic (exact) mass is 321 g/mol. The van der Waals surface area contributed by atoms with Crippen LogP contribution in [0.5, 0.6) is 0 Å². The molecule has 1 amide bonds. The minimum absolute atomic E-state index is 0.136. The van der Waals surface area contributed by atoms with E-state index in [2.05, 4.69) is 17.2 Å². The van der Waals surface area contributed by atoms with Crippen molar-refractivity contribution in [1.29, 1.82) is 0 Å². The number of ether oxygens (including phenoxy) is 1. The summed E-state index contributed by atoms with van der Waals surface area (Å²) in [6, 6.07) is 6.01. The minimum atomic E-state index is -0.491. The van der Waals surface area contributed by atoms with E-state index in [1.54, 1.807) is 11.1 Å². The second-order valence-corrected chi connectivity index (χ2v) is 7.73. The second kappa shape index (κ2) is 7.77. The van der Waals surface area contributed by atoms with Crippen molar-refractivity contribution in [2.24, 2.45) is 0 Å². The normalized spacial score (nSPS) is 13.5. The maximum Gasteiger partial charge on any atom is 0.410 e. The molecular formula is C18H31N3O2. The molecule has 1 rings (SSSR count). The highest BCUT2D eigenvalue weighted by Gasteiger charge is 2.30. The molecule has 0 spiro atoms. The van der Waals surface area contributed by atoms with Gasteiger partial charge in [-0.3, -0.25) is 4.98 Å². The molecule has 1 heterocycles. The van der Waals surface area contributed by atoms with Gasteiger partial charge in [0.15, 0.2) is 0 Å². The van der Waals surface area contributed by atoms with Crippen LogP contribution in [0.2, 0.25) is 0 Å². The quantitative estimate of drug-likeness (QED) is 0.897. The van der Waals surface area contributed by atoms with Gasteiger partial charge in [0.2, 0.25) is 0 Å². The molecule has 0 saturated heterocycles. The zero-order valence-corrected chi connectivity index (χ0v) is 15.5. The van der Waals surface area contributed by atoms with Gasteiger partial charge in [0, 0.05) is 30.9 Å². The van der Waals surface area contributed by atoms with E-state index in [4.69, 9.17) is 4.74 Å². The molecule has 0 unspecified atom stereocenters. The molecule has 23 heavy (non-hydrogen) atoms. The molecule has 130 valence electrons. The van der Waals surface area contributed by atoms with Gasteiger partial charge in [-0.1, -0.05) is 6.07 Å². The number of nitrogens with zero attached hydrogens (tertiary/aromatic N) is 2. The molecule has 1 aromatic rings. The van der Waals surface area contributed by atoms with Crippen LogP contribution in [0.4, 0.5) is 4.79 Å². The summed E-state index contributed by atoms with van der Waals surface area (Å²) in [5.41, 5.74) is 0.208. The van der Waals surface area contributed by atoms with Gasteiger partial charge in [0.1, 0.15) is 5.60 Å². The third kappa shape index (κ3) is 6.99. The fraction of sp³-hybridized carbons (Fsp3) is 0.667. The van der Waals surface area contributed by atoms with Crippen LogP contribution in [0.1, 0.15) is 60.2 Å². The van der Waals surface area contributed by atoms with Crippen molar-refractivity contribution in [2.45, 2.75) is 65.6 Å². The molecule has 1 aromatic heterocycles. The Morgan fingerprint density at radius 3 is 2.39 bits per heavy atom. The van der Waals surface area contributed by atoms with Gasteiger partial charge in [0.25, 0.3) is 0 Å². The van der Waals surface area contributed by atoms with Crippen molar-refractivity contribution in [2.75, 3.05) is 13.1 Å². The number of pyridine rings is 1. The summed E-state index contributed by atoms with van der Waals surface area (Å²) in [6.07, 6.45) is 1.51. The fourth-order valence-corrected chi connectivity index (χ4v) is 2.15. The van der Waals surface area contributed by atoms with Crippen molar-refractivity contribution in [3.63, 3.8) is 0 Å². The number of hydrogen-bond acceptors (Lipinski definition) is 4. The van der Waals surface area contributed by atoms with Crippen molar-refractivity contribution in [3.8, 4) is 0 Å². The highest BCUT2D eigenvalue weighted by Crippen LogP contribution is 2.18. The minimum Gasteiger partial charge on any atom is -0.444 e. The lowest BCUT2D eigenvalue weighted by molar-refractivity contribution is 0.00649. The van der Waals surface area contributed by atoms with Crippen LogP contribution < -0.4 is 5.32 Å². The first-order chi connectivity index (χ1) is 10.5. The van der Waals surface area contributed by atoms with Crippen LogP contribution in [0.15, 0.2) is 24.4 Å². The number of carbonyl (C=O) groups is 1. The molecular weight excluding hydrogens is 290 g/mol. The Balaban J connectivity index is 2.60. The zero-order valence-electron chi connectivity index (χ0n) is 15.5. The van der Waals surface area contributed by atoms with E-state index in [0.717, 1.165) is 5.69 Å². The van der Waals surface area contributed by atoms with Crippen molar-refractivity contribution >= 4 is 6.09 Å². The summed E-state index contributed by atoms with van der Waals surface area (Å²) in [5, 5.41) is 3.41. The Bertz CT molecular complexity index is 489. The van der Waals surface area contributed by atoms with E-state index in [1.165, 1.54) is 0 Å². The maximum absolute atomic E-state index is 12.4. The first-order valence-electron chi connectivity index (χ1n) is 8.15. The molecule has 0 radical (unpaired) electrons. The first-order valence-corrected chi connectivity index (χ1v) is 8.15. The van der Waals surface area contributed by atoms with Crippen LogP contribution in [-0.4, -0.2) is 40.2 Å². The number of amides is 1. The van der Waals surface area contributed by atoms with Gasteiger partial charge in [-0.25, -0.2) is 4.79 Å². The number of carbonyl (C=O) groups excluding carboxylic acids is 1. The summed E-state index contributed by atoms with van der Waals surface area (Å²) in [4.78, 5) is 18.5. The Morgan fingerprint density at radius 1 is 1.26 bits per heavy atom. The van der Waals surface area contributed by atoms with Crippen LogP contribution in [0.3, 0.4) is 0 Å². The largest absolute Gasteiger partial charge is 0.444 e. The molecule has 0 aliphatic carbocycles. The van der Waals surface area contributed by atoms with Crippen LogP contribution in [0, 0.1) is 0 Å². The maximum atomic E-state index is 12.4. The molecule has 0 fully saturated rings. The summed E-state index contributed by atoms with van der Waals surface area (Å²) in [5.74, 6) is 0. The summed E-state index contributed by atoms with van der Waals surface area (Å²) in [7, 11) is 0. The Morgan fingerprint density at radius 2 is 1.91 bits per heavy atom. The Hall–Kier alpha value is -1.62. The lowest BCUT2D eigenvalue weighted by Crippen LogP contribution is -2.50. The van der Waals surface area contributed by atoms with Gasteiger partial charge in [-0.2, -0.15) is 0 Å². The first kappa shape index (κ1) is 19.4. The molecule has 0 saturated carbocycles. The van der Waals surface area contributed by atoms with Crippen LogP contribution in [0.25, 0.3) is 0 Å². The van der Waals surface area contributed by atoms with Crippen LogP contribution >= 0.6 is 0 Å². The topological polar surface area (TPSA) is 54.5 Å². The lowest BCUT2D eigenvalue weighted by atomic mass is 10.1. The Kier molecular flexibility index (Phi) is 6.57. The highest BCUT2D eigenvalue weighted by atomic mass is 16.6. The number of nitrogens with one attached hydrogen (secondary N) is 1. The van der Waals surface area contributed by atoms with Crippen molar-refractivity contribution in [1.82, 2.24) is 15.2 Å². The Labute approximate surface area is 140 Å². The highest BCUT2D eigenvalue weighted by molar-refractivity contribution is 5.69. The molecule has 0 aromatic carbocycles.